The van der Waals surface area contributed by atoms with Crippen molar-refractivity contribution in [3.05, 3.63) is 90.8 Å². The average Bonchev–Trinajstić information content (AvgIpc) is 2.74. The van der Waals surface area contributed by atoms with Crippen molar-refractivity contribution >= 4 is 39.1 Å². The maximum atomic E-state index is 12.5. The fourth-order valence-corrected chi connectivity index (χ4v) is 3.13. The minimum absolute atomic E-state index is 0.103. The van der Waals surface area contributed by atoms with Crippen molar-refractivity contribution in [2.45, 2.75) is 6.92 Å². The standard InChI is InChI=1S/C20H16BrN5O5/c1-12-10-17(27)19(24-25(12)15-8-4-5-9-16(15)26(30)31)20(29)22-11-18(28)23-14-7-3-2-6-13(14)21/h2-10H,11H2,1H3,(H,22,29)(H,23,28). The summed E-state index contributed by atoms with van der Waals surface area (Å²) >= 11 is 3.30. The number of amides is 2. The zero-order valence-electron chi connectivity index (χ0n) is 16.2. The molecule has 2 amide bonds. The van der Waals surface area contributed by atoms with Crippen LogP contribution in [0.2, 0.25) is 0 Å². The van der Waals surface area contributed by atoms with Gasteiger partial charge in [-0.25, -0.2) is 4.68 Å². The highest BCUT2D eigenvalue weighted by Gasteiger charge is 2.20. The number of nitro groups is 1. The fourth-order valence-electron chi connectivity index (χ4n) is 2.75. The first-order valence-electron chi connectivity index (χ1n) is 8.95. The van der Waals surface area contributed by atoms with Crippen LogP contribution in [-0.2, 0) is 4.79 Å². The number of benzene rings is 2. The van der Waals surface area contributed by atoms with Gasteiger partial charge in [-0.15, -0.1) is 0 Å². The van der Waals surface area contributed by atoms with Gasteiger partial charge in [0, 0.05) is 22.3 Å². The topological polar surface area (TPSA) is 136 Å². The van der Waals surface area contributed by atoms with Gasteiger partial charge in [0.25, 0.3) is 11.6 Å². The second-order valence-electron chi connectivity index (χ2n) is 6.37. The Hall–Kier alpha value is -3.86. The molecule has 1 aromatic heterocycles. The highest BCUT2D eigenvalue weighted by Crippen LogP contribution is 2.22. The average molecular weight is 486 g/mol. The molecule has 0 bridgehead atoms. The fraction of sp³-hybridized carbons (Fsp3) is 0.100. The third-order valence-corrected chi connectivity index (χ3v) is 4.88. The van der Waals surface area contributed by atoms with E-state index in [-0.39, 0.29) is 11.4 Å². The summed E-state index contributed by atoms with van der Waals surface area (Å²) in [4.78, 5) is 47.6. The molecule has 0 unspecified atom stereocenters. The predicted molar refractivity (Wildman–Crippen MR) is 116 cm³/mol. The quantitative estimate of drug-likeness (QED) is 0.406. The van der Waals surface area contributed by atoms with Crippen LogP contribution >= 0.6 is 15.9 Å². The second kappa shape index (κ2) is 9.30. The van der Waals surface area contributed by atoms with Crippen LogP contribution in [0.25, 0.3) is 5.69 Å². The summed E-state index contributed by atoms with van der Waals surface area (Å²) in [6, 6.07) is 13.9. The number of carbonyl (C=O) groups is 2. The Morgan fingerprint density at radius 3 is 2.55 bits per heavy atom. The molecule has 0 radical (unpaired) electrons. The molecule has 0 aliphatic heterocycles. The molecule has 0 aliphatic carbocycles. The Bertz CT molecular complexity index is 1240. The van der Waals surface area contributed by atoms with E-state index in [2.05, 4.69) is 31.7 Å². The van der Waals surface area contributed by atoms with Gasteiger partial charge in [-0.3, -0.25) is 24.5 Å². The molecule has 31 heavy (non-hydrogen) atoms. The van der Waals surface area contributed by atoms with Gasteiger partial charge in [0.1, 0.15) is 5.69 Å². The van der Waals surface area contributed by atoms with E-state index in [4.69, 9.17) is 0 Å². The molecule has 0 aliphatic rings. The number of carbonyl (C=O) groups excluding carboxylic acids is 2. The molecule has 2 aromatic carbocycles. The van der Waals surface area contributed by atoms with Gasteiger partial charge >= 0.3 is 0 Å². The highest BCUT2D eigenvalue weighted by molar-refractivity contribution is 9.10. The number of aromatic nitrogens is 2. The lowest BCUT2D eigenvalue weighted by molar-refractivity contribution is -0.384. The van der Waals surface area contributed by atoms with Crippen LogP contribution in [0.4, 0.5) is 11.4 Å². The lowest BCUT2D eigenvalue weighted by Crippen LogP contribution is -2.37. The largest absolute Gasteiger partial charge is 0.341 e. The number of nitro benzene ring substituents is 1. The van der Waals surface area contributed by atoms with Crippen LogP contribution in [0, 0.1) is 17.0 Å². The Balaban J connectivity index is 1.82. The van der Waals surface area contributed by atoms with Crippen molar-refractivity contribution in [2.24, 2.45) is 0 Å². The normalized spacial score (nSPS) is 10.4. The SMILES string of the molecule is Cc1cc(=O)c(C(=O)NCC(=O)Nc2ccccc2Br)nn1-c1ccccc1[N+](=O)[O-]. The van der Waals surface area contributed by atoms with Crippen molar-refractivity contribution in [1.82, 2.24) is 15.1 Å². The number of nitrogens with one attached hydrogen (secondary N) is 2. The summed E-state index contributed by atoms with van der Waals surface area (Å²) < 4.78 is 1.82. The number of rotatable bonds is 6. The van der Waals surface area contributed by atoms with E-state index in [0.717, 1.165) is 10.7 Å². The smallest absolute Gasteiger partial charge is 0.294 e. The minimum atomic E-state index is -0.875. The van der Waals surface area contributed by atoms with E-state index in [1.807, 2.05) is 0 Å². The van der Waals surface area contributed by atoms with Gasteiger partial charge in [-0.2, -0.15) is 5.10 Å². The van der Waals surface area contributed by atoms with Crippen molar-refractivity contribution in [3.63, 3.8) is 0 Å². The zero-order chi connectivity index (χ0) is 22.5. The van der Waals surface area contributed by atoms with E-state index in [0.29, 0.717) is 15.9 Å². The number of para-hydroxylation sites is 3. The van der Waals surface area contributed by atoms with Gasteiger partial charge in [0.05, 0.1) is 17.2 Å². The predicted octanol–water partition coefficient (Wildman–Crippen LogP) is 2.58. The number of nitrogens with zero attached hydrogens (tertiary/aromatic N) is 3. The van der Waals surface area contributed by atoms with E-state index in [9.17, 15) is 24.5 Å². The molecule has 3 aromatic rings. The summed E-state index contributed by atoms with van der Waals surface area (Å²) in [5.41, 5.74) is -0.461. The molecule has 0 spiro atoms. The van der Waals surface area contributed by atoms with Crippen LogP contribution in [0.5, 0.6) is 0 Å². The van der Waals surface area contributed by atoms with Crippen LogP contribution in [0.1, 0.15) is 16.2 Å². The number of hydrogen-bond acceptors (Lipinski definition) is 6. The van der Waals surface area contributed by atoms with Crippen molar-refractivity contribution in [3.8, 4) is 5.69 Å². The Kier molecular flexibility index (Phi) is 6.55. The van der Waals surface area contributed by atoms with Crippen molar-refractivity contribution in [2.75, 3.05) is 11.9 Å². The van der Waals surface area contributed by atoms with Gasteiger partial charge in [0.15, 0.2) is 5.69 Å². The second-order valence-corrected chi connectivity index (χ2v) is 7.22. The third-order valence-electron chi connectivity index (χ3n) is 4.19. The number of aryl methyl sites for hydroxylation is 1. The summed E-state index contributed by atoms with van der Waals surface area (Å²) in [7, 11) is 0. The molecular formula is C20H16BrN5O5. The minimum Gasteiger partial charge on any atom is -0.341 e. The third kappa shape index (κ3) is 5.01. The number of anilines is 1. The van der Waals surface area contributed by atoms with E-state index in [1.54, 1.807) is 30.3 Å². The Morgan fingerprint density at radius 2 is 1.84 bits per heavy atom. The van der Waals surface area contributed by atoms with Crippen molar-refractivity contribution < 1.29 is 14.5 Å². The first-order chi connectivity index (χ1) is 14.8. The lowest BCUT2D eigenvalue weighted by Gasteiger charge is -2.12. The lowest BCUT2D eigenvalue weighted by atomic mass is 10.2. The molecule has 3 rings (SSSR count). The van der Waals surface area contributed by atoms with E-state index < -0.39 is 34.4 Å². The molecule has 11 heteroatoms. The van der Waals surface area contributed by atoms with Crippen LogP contribution in [0.3, 0.4) is 0 Å². The summed E-state index contributed by atoms with van der Waals surface area (Å²) in [6.07, 6.45) is 0. The van der Waals surface area contributed by atoms with Gasteiger partial charge in [0.2, 0.25) is 11.3 Å². The van der Waals surface area contributed by atoms with Crippen molar-refractivity contribution in [1.29, 1.82) is 0 Å². The molecule has 0 saturated carbocycles. The number of hydrogen-bond donors (Lipinski definition) is 2. The number of halogens is 1. The first-order valence-corrected chi connectivity index (χ1v) is 9.74. The van der Waals surface area contributed by atoms with Gasteiger partial charge < -0.3 is 10.6 Å². The molecule has 2 N–H and O–H groups in total. The Labute approximate surface area is 184 Å². The van der Waals surface area contributed by atoms with Crippen LogP contribution < -0.4 is 16.1 Å². The maximum absolute atomic E-state index is 12.5. The molecule has 158 valence electrons. The summed E-state index contributed by atoms with van der Waals surface area (Å²) in [6.45, 7) is 1.14. The zero-order valence-corrected chi connectivity index (χ0v) is 17.8. The molecule has 10 nitrogen and oxygen atoms in total. The van der Waals surface area contributed by atoms with Crippen LogP contribution in [0.15, 0.2) is 63.9 Å². The Morgan fingerprint density at radius 1 is 1.16 bits per heavy atom. The first kappa shape index (κ1) is 21.8. The summed E-state index contributed by atoms with van der Waals surface area (Å²) in [5.74, 6) is -1.38. The van der Waals surface area contributed by atoms with Gasteiger partial charge in [-0.1, -0.05) is 24.3 Å². The van der Waals surface area contributed by atoms with E-state index in [1.165, 1.54) is 25.1 Å². The van der Waals surface area contributed by atoms with Crippen LogP contribution in [-0.4, -0.2) is 33.1 Å². The van der Waals surface area contributed by atoms with E-state index >= 15 is 0 Å². The molecule has 0 fully saturated rings. The molecule has 0 saturated heterocycles. The molecular weight excluding hydrogens is 470 g/mol. The molecule has 1 heterocycles. The monoisotopic (exact) mass is 485 g/mol. The maximum Gasteiger partial charge on any atom is 0.294 e. The van der Waals surface area contributed by atoms with Gasteiger partial charge in [-0.05, 0) is 41.1 Å². The summed E-state index contributed by atoms with van der Waals surface area (Å²) in [5, 5.41) is 20.3. The highest BCUT2D eigenvalue weighted by atomic mass is 79.9. The molecule has 0 atom stereocenters.